The summed E-state index contributed by atoms with van der Waals surface area (Å²) in [4.78, 5) is 22.6. The van der Waals surface area contributed by atoms with Crippen LogP contribution in [0.25, 0.3) is 0 Å². The predicted molar refractivity (Wildman–Crippen MR) is 70.2 cm³/mol. The van der Waals surface area contributed by atoms with Crippen LogP contribution in [0.4, 0.5) is 5.69 Å². The van der Waals surface area contributed by atoms with E-state index >= 15 is 0 Å². The highest BCUT2D eigenvalue weighted by molar-refractivity contribution is 6.34. The van der Waals surface area contributed by atoms with Gasteiger partial charge in [-0.25, -0.2) is 4.79 Å². The zero-order valence-corrected chi connectivity index (χ0v) is 10.8. The Labute approximate surface area is 110 Å². The van der Waals surface area contributed by atoms with Crippen LogP contribution >= 0.6 is 11.6 Å². The Bertz CT molecular complexity index is 449. The highest BCUT2D eigenvalue weighted by Gasteiger charge is 2.15. The molecule has 0 atom stereocenters. The number of hydrogen-bond donors (Lipinski definition) is 3. The van der Waals surface area contributed by atoms with E-state index in [0.29, 0.717) is 12.8 Å². The summed E-state index contributed by atoms with van der Waals surface area (Å²) in [5, 5.41) is 14.6. The summed E-state index contributed by atoms with van der Waals surface area (Å²) in [5.74, 6) is -1.39. The van der Waals surface area contributed by atoms with Crippen molar-refractivity contribution in [1.29, 1.82) is 0 Å². The van der Waals surface area contributed by atoms with Crippen molar-refractivity contribution in [2.75, 3.05) is 18.9 Å². The Balaban J connectivity index is 2.75. The van der Waals surface area contributed by atoms with E-state index in [-0.39, 0.29) is 22.2 Å². The van der Waals surface area contributed by atoms with Gasteiger partial charge in [-0.3, -0.25) is 4.79 Å². The molecule has 5 nitrogen and oxygen atoms in total. The first-order chi connectivity index (χ1) is 8.56. The normalized spacial score (nSPS) is 10.1. The maximum atomic E-state index is 11.6. The van der Waals surface area contributed by atoms with E-state index in [1.54, 1.807) is 13.1 Å². The fraction of sp³-hybridized carbons (Fsp3) is 0.333. The molecule has 98 valence electrons. The zero-order valence-electron chi connectivity index (χ0n) is 10.00. The van der Waals surface area contributed by atoms with E-state index in [1.165, 1.54) is 12.1 Å². The molecule has 0 spiro atoms. The number of aromatic carboxylic acids is 1. The average Bonchev–Trinajstić information content (AvgIpc) is 2.28. The van der Waals surface area contributed by atoms with Crippen molar-refractivity contribution in [1.82, 2.24) is 5.32 Å². The molecule has 0 aromatic heterocycles. The number of rotatable bonds is 6. The number of carbonyl (C=O) groups is 2. The lowest BCUT2D eigenvalue weighted by Gasteiger charge is -2.09. The van der Waals surface area contributed by atoms with Gasteiger partial charge in [0.1, 0.15) is 5.56 Å². The van der Waals surface area contributed by atoms with Gasteiger partial charge < -0.3 is 15.7 Å². The Hall–Kier alpha value is -1.59. The molecule has 0 aliphatic heterocycles. The van der Waals surface area contributed by atoms with Crippen LogP contribution in [0, 0.1) is 0 Å². The molecule has 0 aliphatic rings. The van der Waals surface area contributed by atoms with E-state index in [2.05, 4.69) is 10.6 Å². The third-order valence-electron chi connectivity index (χ3n) is 2.33. The van der Waals surface area contributed by atoms with Crippen molar-refractivity contribution in [2.45, 2.75) is 12.8 Å². The summed E-state index contributed by atoms with van der Waals surface area (Å²) in [5.41, 5.74) is 0.144. The topological polar surface area (TPSA) is 78.4 Å². The standard InChI is InChI=1S/C12H15ClN2O3/c1-14-7-3-6-10(16)15-9-5-2-4-8(13)11(9)12(17)18/h2,4-5,14H,3,6-7H2,1H3,(H,15,16)(H,17,18). The summed E-state index contributed by atoms with van der Waals surface area (Å²) in [6, 6.07) is 4.59. The molecule has 0 heterocycles. The summed E-state index contributed by atoms with van der Waals surface area (Å²) in [6.45, 7) is 0.731. The molecule has 0 radical (unpaired) electrons. The Morgan fingerprint density at radius 1 is 1.39 bits per heavy atom. The minimum absolute atomic E-state index is 0.0823. The molecular formula is C12H15ClN2O3. The molecule has 1 aromatic carbocycles. The van der Waals surface area contributed by atoms with Gasteiger partial charge >= 0.3 is 5.97 Å². The van der Waals surface area contributed by atoms with E-state index in [4.69, 9.17) is 16.7 Å². The molecule has 0 saturated heterocycles. The zero-order chi connectivity index (χ0) is 13.5. The number of halogens is 1. The summed E-state index contributed by atoms with van der Waals surface area (Å²) < 4.78 is 0. The monoisotopic (exact) mass is 270 g/mol. The lowest BCUT2D eigenvalue weighted by molar-refractivity contribution is -0.116. The molecule has 1 rings (SSSR count). The fourth-order valence-corrected chi connectivity index (χ4v) is 1.74. The van der Waals surface area contributed by atoms with E-state index in [1.807, 2.05) is 0 Å². The van der Waals surface area contributed by atoms with E-state index in [9.17, 15) is 9.59 Å². The highest BCUT2D eigenvalue weighted by Crippen LogP contribution is 2.24. The van der Waals surface area contributed by atoms with Crippen molar-refractivity contribution < 1.29 is 14.7 Å². The smallest absolute Gasteiger partial charge is 0.339 e. The van der Waals surface area contributed by atoms with Crippen LogP contribution in [0.15, 0.2) is 18.2 Å². The van der Waals surface area contributed by atoms with Gasteiger partial charge in [-0.1, -0.05) is 17.7 Å². The average molecular weight is 271 g/mol. The highest BCUT2D eigenvalue weighted by atomic mass is 35.5. The summed E-state index contributed by atoms with van der Waals surface area (Å²) >= 11 is 5.79. The van der Waals surface area contributed by atoms with Gasteiger partial charge in [-0.2, -0.15) is 0 Å². The number of hydrogen-bond acceptors (Lipinski definition) is 3. The fourth-order valence-electron chi connectivity index (χ4n) is 1.48. The SMILES string of the molecule is CNCCCC(=O)Nc1cccc(Cl)c1C(=O)O. The van der Waals surface area contributed by atoms with Crippen LogP contribution in [0.3, 0.4) is 0 Å². The maximum absolute atomic E-state index is 11.6. The molecule has 0 aliphatic carbocycles. The lowest BCUT2D eigenvalue weighted by atomic mass is 10.1. The maximum Gasteiger partial charge on any atom is 0.339 e. The number of nitrogens with one attached hydrogen (secondary N) is 2. The van der Waals surface area contributed by atoms with Gasteiger partial charge in [0, 0.05) is 6.42 Å². The minimum Gasteiger partial charge on any atom is -0.478 e. The molecule has 0 unspecified atom stereocenters. The molecule has 0 saturated carbocycles. The minimum atomic E-state index is -1.16. The Morgan fingerprint density at radius 3 is 2.72 bits per heavy atom. The quantitative estimate of drug-likeness (QED) is 0.691. The van der Waals surface area contributed by atoms with Crippen LogP contribution in [0.1, 0.15) is 23.2 Å². The third-order valence-corrected chi connectivity index (χ3v) is 2.65. The van der Waals surface area contributed by atoms with Crippen molar-refractivity contribution in [3.05, 3.63) is 28.8 Å². The first-order valence-corrected chi connectivity index (χ1v) is 5.90. The summed E-state index contributed by atoms with van der Waals surface area (Å²) in [6.07, 6.45) is 1.01. The molecule has 0 bridgehead atoms. The molecular weight excluding hydrogens is 256 g/mol. The number of amides is 1. The van der Waals surface area contributed by atoms with Crippen LogP contribution in [0.2, 0.25) is 5.02 Å². The first kappa shape index (κ1) is 14.5. The van der Waals surface area contributed by atoms with Crippen LogP contribution in [-0.2, 0) is 4.79 Å². The third kappa shape index (κ3) is 4.01. The van der Waals surface area contributed by atoms with Gasteiger partial charge in [0.2, 0.25) is 5.91 Å². The van der Waals surface area contributed by atoms with Gasteiger partial charge in [-0.15, -0.1) is 0 Å². The van der Waals surface area contributed by atoms with Crippen molar-refractivity contribution in [2.24, 2.45) is 0 Å². The number of anilines is 1. The molecule has 3 N–H and O–H groups in total. The molecule has 1 amide bonds. The molecule has 6 heteroatoms. The van der Waals surface area contributed by atoms with Crippen molar-refractivity contribution in [3.8, 4) is 0 Å². The van der Waals surface area contributed by atoms with Crippen LogP contribution in [0.5, 0.6) is 0 Å². The lowest BCUT2D eigenvalue weighted by Crippen LogP contribution is -2.17. The second kappa shape index (κ2) is 6.98. The second-order valence-corrected chi connectivity index (χ2v) is 4.13. The largest absolute Gasteiger partial charge is 0.478 e. The van der Waals surface area contributed by atoms with Crippen LogP contribution in [-0.4, -0.2) is 30.6 Å². The van der Waals surface area contributed by atoms with Crippen molar-refractivity contribution >= 4 is 29.2 Å². The van der Waals surface area contributed by atoms with Gasteiger partial charge in [0.25, 0.3) is 0 Å². The number of benzene rings is 1. The molecule has 18 heavy (non-hydrogen) atoms. The summed E-state index contributed by atoms with van der Waals surface area (Å²) in [7, 11) is 1.80. The van der Waals surface area contributed by atoms with E-state index in [0.717, 1.165) is 6.54 Å². The van der Waals surface area contributed by atoms with Gasteiger partial charge in [0.15, 0.2) is 0 Å². The van der Waals surface area contributed by atoms with Gasteiger partial charge in [0.05, 0.1) is 10.7 Å². The molecule has 0 fully saturated rings. The van der Waals surface area contributed by atoms with Crippen molar-refractivity contribution in [3.63, 3.8) is 0 Å². The van der Waals surface area contributed by atoms with Gasteiger partial charge in [-0.05, 0) is 32.1 Å². The number of carboxylic acid groups (broad SMARTS) is 1. The molecule has 1 aromatic rings. The predicted octanol–water partition coefficient (Wildman–Crippen LogP) is 1.98. The number of carbonyl (C=O) groups excluding carboxylic acids is 1. The Kier molecular flexibility index (Phi) is 5.61. The second-order valence-electron chi connectivity index (χ2n) is 3.72. The van der Waals surface area contributed by atoms with Crippen LogP contribution < -0.4 is 10.6 Å². The first-order valence-electron chi connectivity index (χ1n) is 5.52. The Morgan fingerprint density at radius 2 is 2.11 bits per heavy atom. The van der Waals surface area contributed by atoms with E-state index < -0.39 is 5.97 Å². The number of carboxylic acids is 1.